The first-order valence-electron chi connectivity index (χ1n) is 5.91. The zero-order valence-electron chi connectivity index (χ0n) is 9.70. The van der Waals surface area contributed by atoms with Gasteiger partial charge in [0.2, 0.25) is 0 Å². The Morgan fingerprint density at radius 3 is 2.83 bits per heavy atom. The molecule has 1 saturated heterocycles. The molecule has 3 rings (SSSR count). The average molecular weight is 289 g/mol. The fourth-order valence-electron chi connectivity index (χ4n) is 2.60. The lowest BCUT2D eigenvalue weighted by atomic mass is 9.75. The molecule has 0 bridgehead atoms. The highest BCUT2D eigenvalue weighted by atomic mass is 35.5. The zero-order chi connectivity index (χ0) is 12.8. The van der Waals surface area contributed by atoms with Crippen LogP contribution in [0.4, 0.5) is 0 Å². The van der Waals surface area contributed by atoms with Crippen molar-refractivity contribution >= 4 is 29.0 Å². The molecule has 18 heavy (non-hydrogen) atoms. The summed E-state index contributed by atoms with van der Waals surface area (Å²) in [6, 6.07) is 0. The standard InChI is InChI=1S/C11H13ClN2O3S/c12-7-8(18-13-9(7)15)10(16)14-4-5-17-6-11(14)2-1-3-11/h1-6H2,(H,13,15). The molecule has 98 valence electrons. The quantitative estimate of drug-likeness (QED) is 0.851. The highest BCUT2D eigenvalue weighted by Crippen LogP contribution is 2.40. The molecule has 1 amide bonds. The Balaban J connectivity index is 1.91. The highest BCUT2D eigenvalue weighted by molar-refractivity contribution is 7.08. The van der Waals surface area contributed by atoms with Crippen LogP contribution in [0.2, 0.25) is 5.02 Å². The Hall–Kier alpha value is -0.850. The first kappa shape index (κ1) is 12.2. The number of halogens is 1. The van der Waals surface area contributed by atoms with Gasteiger partial charge in [0.25, 0.3) is 11.5 Å². The van der Waals surface area contributed by atoms with E-state index in [-0.39, 0.29) is 22.0 Å². The molecule has 2 fully saturated rings. The van der Waals surface area contributed by atoms with E-state index in [2.05, 4.69) is 4.37 Å². The Morgan fingerprint density at radius 1 is 1.50 bits per heavy atom. The van der Waals surface area contributed by atoms with Crippen LogP contribution >= 0.6 is 23.1 Å². The van der Waals surface area contributed by atoms with Crippen LogP contribution in [0.3, 0.4) is 0 Å². The van der Waals surface area contributed by atoms with Crippen molar-refractivity contribution in [3.63, 3.8) is 0 Å². The number of nitrogens with zero attached hydrogens (tertiary/aromatic N) is 1. The van der Waals surface area contributed by atoms with Gasteiger partial charge in [0.15, 0.2) is 0 Å². The van der Waals surface area contributed by atoms with Gasteiger partial charge >= 0.3 is 0 Å². The van der Waals surface area contributed by atoms with Crippen molar-refractivity contribution in [2.24, 2.45) is 0 Å². The minimum Gasteiger partial charge on any atom is -0.377 e. The first-order valence-corrected chi connectivity index (χ1v) is 7.10. The van der Waals surface area contributed by atoms with E-state index in [9.17, 15) is 9.59 Å². The number of nitrogens with one attached hydrogen (secondary N) is 1. The number of carbonyl (C=O) groups excluding carboxylic acids is 1. The Labute approximate surface area is 113 Å². The number of amides is 1. The van der Waals surface area contributed by atoms with Crippen molar-refractivity contribution in [3.05, 3.63) is 20.3 Å². The normalized spacial score (nSPS) is 21.9. The number of rotatable bonds is 1. The minimum atomic E-state index is -0.388. The molecule has 1 aliphatic carbocycles. The van der Waals surface area contributed by atoms with Crippen molar-refractivity contribution in [2.75, 3.05) is 19.8 Å². The molecule has 0 aromatic carbocycles. The van der Waals surface area contributed by atoms with Crippen molar-refractivity contribution in [2.45, 2.75) is 24.8 Å². The number of aromatic amines is 1. The van der Waals surface area contributed by atoms with Gasteiger partial charge in [0.1, 0.15) is 9.90 Å². The number of morpholine rings is 1. The fourth-order valence-corrected chi connectivity index (χ4v) is 3.58. The van der Waals surface area contributed by atoms with Crippen LogP contribution in [-0.2, 0) is 4.74 Å². The third kappa shape index (κ3) is 1.71. The second kappa shape index (κ2) is 4.36. The van der Waals surface area contributed by atoms with Crippen LogP contribution in [0.5, 0.6) is 0 Å². The van der Waals surface area contributed by atoms with Gasteiger partial charge in [-0.3, -0.25) is 14.0 Å². The SMILES string of the molecule is O=C(c1s[nH]c(=O)c1Cl)N1CCOCC12CCC2. The molecule has 1 N–H and O–H groups in total. The Kier molecular flexibility index (Phi) is 2.96. The van der Waals surface area contributed by atoms with Crippen LogP contribution in [0, 0.1) is 0 Å². The summed E-state index contributed by atoms with van der Waals surface area (Å²) in [5.41, 5.74) is -0.549. The topological polar surface area (TPSA) is 62.4 Å². The summed E-state index contributed by atoms with van der Waals surface area (Å²) >= 11 is 6.88. The average Bonchev–Trinajstić information content (AvgIpc) is 2.67. The molecule has 1 spiro atoms. The van der Waals surface area contributed by atoms with Crippen LogP contribution in [0.15, 0.2) is 4.79 Å². The third-order valence-electron chi connectivity index (χ3n) is 3.77. The lowest BCUT2D eigenvalue weighted by Crippen LogP contribution is -2.62. The van der Waals surface area contributed by atoms with Gasteiger partial charge in [-0.2, -0.15) is 0 Å². The summed E-state index contributed by atoms with van der Waals surface area (Å²) in [6.07, 6.45) is 3.05. The smallest absolute Gasteiger partial charge is 0.277 e. The monoisotopic (exact) mass is 288 g/mol. The van der Waals surface area contributed by atoms with Crippen molar-refractivity contribution in [3.8, 4) is 0 Å². The van der Waals surface area contributed by atoms with Gasteiger partial charge in [-0.25, -0.2) is 0 Å². The molecular weight excluding hydrogens is 276 g/mol. The van der Waals surface area contributed by atoms with E-state index < -0.39 is 0 Å². The molecule has 0 atom stereocenters. The molecule has 1 saturated carbocycles. The predicted molar refractivity (Wildman–Crippen MR) is 68.4 cm³/mol. The molecule has 2 heterocycles. The Bertz CT molecular complexity index is 535. The number of hydrogen-bond acceptors (Lipinski definition) is 4. The highest BCUT2D eigenvalue weighted by Gasteiger charge is 2.47. The molecule has 5 nitrogen and oxygen atoms in total. The summed E-state index contributed by atoms with van der Waals surface area (Å²) in [4.78, 5) is 25.9. The Morgan fingerprint density at radius 2 is 2.28 bits per heavy atom. The van der Waals surface area contributed by atoms with E-state index in [0.717, 1.165) is 30.8 Å². The fraction of sp³-hybridized carbons (Fsp3) is 0.636. The molecule has 7 heteroatoms. The molecule has 0 radical (unpaired) electrons. The summed E-state index contributed by atoms with van der Waals surface area (Å²) in [5, 5.41) is 0.00552. The van der Waals surface area contributed by atoms with E-state index in [0.29, 0.717) is 24.6 Å². The number of H-pyrrole nitrogens is 1. The summed E-state index contributed by atoms with van der Waals surface area (Å²) in [6.45, 7) is 1.71. The minimum absolute atomic E-state index is 0.00552. The maximum Gasteiger partial charge on any atom is 0.277 e. The number of aromatic nitrogens is 1. The van der Waals surface area contributed by atoms with Gasteiger partial charge in [-0.05, 0) is 19.3 Å². The molecule has 2 aliphatic rings. The summed E-state index contributed by atoms with van der Waals surface area (Å²) < 4.78 is 7.98. The molecule has 1 aromatic rings. The summed E-state index contributed by atoms with van der Waals surface area (Å²) in [7, 11) is 0. The molecule has 1 aromatic heterocycles. The van der Waals surface area contributed by atoms with Crippen molar-refractivity contribution in [1.29, 1.82) is 0 Å². The molecule has 1 aliphatic heterocycles. The molecular formula is C11H13ClN2O3S. The zero-order valence-corrected chi connectivity index (χ0v) is 11.3. The summed E-state index contributed by atoms with van der Waals surface area (Å²) in [5.74, 6) is -0.147. The van der Waals surface area contributed by atoms with E-state index in [1.165, 1.54) is 0 Å². The van der Waals surface area contributed by atoms with Crippen LogP contribution in [0.1, 0.15) is 28.9 Å². The van der Waals surface area contributed by atoms with E-state index in [4.69, 9.17) is 16.3 Å². The van der Waals surface area contributed by atoms with E-state index in [1.54, 1.807) is 0 Å². The number of hydrogen-bond donors (Lipinski definition) is 1. The lowest BCUT2D eigenvalue weighted by Gasteiger charge is -2.52. The lowest BCUT2D eigenvalue weighted by molar-refractivity contribution is -0.0875. The van der Waals surface area contributed by atoms with Gasteiger partial charge in [-0.1, -0.05) is 23.1 Å². The first-order chi connectivity index (χ1) is 8.64. The second-order valence-corrected chi connectivity index (χ2v) is 5.96. The van der Waals surface area contributed by atoms with Gasteiger partial charge < -0.3 is 9.64 Å². The second-order valence-electron chi connectivity index (χ2n) is 4.76. The van der Waals surface area contributed by atoms with Crippen LogP contribution in [0.25, 0.3) is 0 Å². The maximum atomic E-state index is 12.5. The van der Waals surface area contributed by atoms with E-state index >= 15 is 0 Å². The van der Waals surface area contributed by atoms with Gasteiger partial charge in [0.05, 0.1) is 18.8 Å². The van der Waals surface area contributed by atoms with Crippen LogP contribution in [-0.4, -0.2) is 40.5 Å². The largest absolute Gasteiger partial charge is 0.377 e. The maximum absolute atomic E-state index is 12.5. The third-order valence-corrected chi connectivity index (χ3v) is 5.11. The van der Waals surface area contributed by atoms with Gasteiger partial charge in [0, 0.05) is 6.54 Å². The number of ether oxygens (including phenoxy) is 1. The van der Waals surface area contributed by atoms with Crippen molar-refractivity contribution in [1.82, 2.24) is 9.27 Å². The molecule has 0 unspecified atom stereocenters. The van der Waals surface area contributed by atoms with Crippen molar-refractivity contribution < 1.29 is 9.53 Å². The van der Waals surface area contributed by atoms with Crippen LogP contribution < -0.4 is 5.56 Å². The number of carbonyl (C=O) groups is 1. The van der Waals surface area contributed by atoms with E-state index in [1.807, 2.05) is 4.90 Å². The predicted octanol–water partition coefficient (Wildman–Crippen LogP) is 1.48. The van der Waals surface area contributed by atoms with Gasteiger partial charge in [-0.15, -0.1) is 0 Å².